The van der Waals surface area contributed by atoms with Gasteiger partial charge in [-0.25, -0.2) is 0 Å². The van der Waals surface area contributed by atoms with Gasteiger partial charge in [0.15, 0.2) is 23.1 Å². The van der Waals surface area contributed by atoms with E-state index in [4.69, 9.17) is 0 Å². The minimum Gasteiger partial charge on any atom is -0.870 e. The summed E-state index contributed by atoms with van der Waals surface area (Å²) >= 11 is 0. The fraction of sp³-hybridized carbons (Fsp3) is 0.556. The van der Waals surface area contributed by atoms with Crippen LogP contribution >= 0.6 is 0 Å². The Morgan fingerprint density at radius 1 is 0.800 bits per heavy atom. The van der Waals surface area contributed by atoms with E-state index in [9.17, 15) is 38.4 Å². The van der Waals surface area contributed by atoms with E-state index < -0.39 is 0 Å². The molecule has 0 bridgehead atoms. The van der Waals surface area contributed by atoms with Crippen LogP contribution in [-0.4, -0.2) is 52.2 Å². The minimum atomic E-state index is 0. The van der Waals surface area contributed by atoms with Crippen molar-refractivity contribution in [3.05, 3.63) is 49.1 Å². The Labute approximate surface area is 270 Å². The van der Waals surface area contributed by atoms with Crippen LogP contribution in [0.5, 0.6) is 0 Å². The maximum atomic E-state index is 11.4. The summed E-state index contributed by atoms with van der Waals surface area (Å²) in [4.78, 5) is 82.4. The predicted octanol–water partition coefficient (Wildman–Crippen LogP) is 6.85. The van der Waals surface area contributed by atoms with E-state index in [1.165, 1.54) is 26.0 Å². The topological polar surface area (TPSA) is 167 Å². The van der Waals surface area contributed by atoms with Crippen LogP contribution in [0.3, 0.4) is 0 Å². The fourth-order valence-electron chi connectivity index (χ4n) is 3.81. The largest absolute Gasteiger partial charge is 0.870 e. The Bertz CT molecular complexity index is 999. The molecule has 4 rings (SSSR count). The van der Waals surface area contributed by atoms with Crippen molar-refractivity contribution >= 4 is 46.8 Å². The van der Waals surface area contributed by atoms with Gasteiger partial charge in [0.05, 0.1) is 6.42 Å². The molecule has 9 heteroatoms. The van der Waals surface area contributed by atoms with Gasteiger partial charge >= 0.3 is 0 Å². The molecule has 0 aliphatic heterocycles. The van der Waals surface area contributed by atoms with E-state index in [1.807, 2.05) is 26.8 Å². The molecule has 0 aromatic carbocycles. The highest BCUT2D eigenvalue weighted by molar-refractivity contribution is 6.01. The highest BCUT2D eigenvalue weighted by atomic mass is 16.2. The monoisotopic (exact) mass is 631 g/mol. The average molecular weight is 632 g/mol. The number of hydrogen-bond acceptors (Lipinski definition) is 9. The standard InChI is InChI=1S/C10H12O2.C7H10O.C6H8O2.2C4H6O.C3H6O.C2H6.H2O/c11-8-4-5-9-7(6-8)2-1-3-10(9)12;1-6-2-4-7(8)5-3-6;7-5-2-1-3-6(8)4-5;2*1-3-4(2)5;1-2-3-4;1-2;/h6,9H,1-5H2;2,4,6H,3,5H2,1H3;1-4H2;2*3H,1H2,2H3;3H,2H2,1H3;1-2H3;1H2/p-1. The number of carbonyl (C=O) groups is 8. The third-order valence-electron chi connectivity index (χ3n) is 6.25. The Balaban J connectivity index is -0.000000230. The Kier molecular flexibility index (Phi) is 33.9. The van der Waals surface area contributed by atoms with Gasteiger partial charge in [0, 0.05) is 44.4 Å². The summed E-state index contributed by atoms with van der Waals surface area (Å²) in [5, 5.41) is 0. The first-order chi connectivity index (χ1) is 20.8. The second kappa shape index (κ2) is 31.7. The molecule has 0 aromatic heterocycles. The van der Waals surface area contributed by atoms with Crippen molar-refractivity contribution in [3.63, 3.8) is 0 Å². The van der Waals surface area contributed by atoms with E-state index >= 15 is 0 Å². The molecular weight excluding hydrogens is 576 g/mol. The molecule has 0 aromatic rings. The zero-order valence-electron chi connectivity index (χ0n) is 28.2. The summed E-state index contributed by atoms with van der Waals surface area (Å²) in [6, 6.07) is 0. The van der Waals surface area contributed by atoms with Crippen LogP contribution in [0, 0.1) is 11.8 Å². The quantitative estimate of drug-likeness (QED) is 0.184. The third-order valence-corrected chi connectivity index (χ3v) is 6.25. The first-order valence-corrected chi connectivity index (χ1v) is 15.5. The molecule has 2 atom stereocenters. The molecule has 4 aliphatic rings. The Hall–Kier alpha value is -3.72. The predicted molar refractivity (Wildman–Crippen MR) is 177 cm³/mol. The van der Waals surface area contributed by atoms with Crippen LogP contribution in [-0.2, 0) is 38.4 Å². The summed E-state index contributed by atoms with van der Waals surface area (Å²) in [5.74, 6) is 1.82. The summed E-state index contributed by atoms with van der Waals surface area (Å²) in [6.45, 7) is 17.3. The first kappa shape index (κ1) is 48.2. The maximum absolute atomic E-state index is 11.4. The second-order valence-corrected chi connectivity index (χ2v) is 10.3. The van der Waals surface area contributed by atoms with Crippen LogP contribution in [0.15, 0.2) is 49.1 Å². The molecule has 4 aliphatic carbocycles. The van der Waals surface area contributed by atoms with E-state index in [-0.39, 0.29) is 52.5 Å². The van der Waals surface area contributed by atoms with E-state index in [0.717, 1.165) is 56.8 Å². The molecule has 1 N–H and O–H groups in total. The van der Waals surface area contributed by atoms with E-state index in [0.29, 0.717) is 37.4 Å². The first-order valence-electron chi connectivity index (χ1n) is 15.5. The highest BCUT2D eigenvalue weighted by Crippen LogP contribution is 2.33. The number of hydrogen-bond donors (Lipinski definition) is 0. The molecule has 2 fully saturated rings. The molecule has 2 saturated carbocycles. The van der Waals surface area contributed by atoms with Crippen molar-refractivity contribution in [2.75, 3.05) is 0 Å². The van der Waals surface area contributed by atoms with Gasteiger partial charge in [0.1, 0.15) is 23.6 Å². The lowest BCUT2D eigenvalue weighted by Gasteiger charge is -2.26. The lowest BCUT2D eigenvalue weighted by atomic mass is 9.77. The zero-order chi connectivity index (χ0) is 34.5. The van der Waals surface area contributed by atoms with Crippen molar-refractivity contribution in [3.8, 4) is 0 Å². The molecule has 0 saturated heterocycles. The van der Waals surface area contributed by atoms with Gasteiger partial charge in [-0.05, 0) is 76.2 Å². The van der Waals surface area contributed by atoms with Gasteiger partial charge in [0.2, 0.25) is 0 Å². The maximum Gasteiger partial charge on any atom is 0.155 e. The Morgan fingerprint density at radius 3 is 1.58 bits per heavy atom. The number of carbonyl (C=O) groups excluding carboxylic acids is 8. The molecule has 2 unspecified atom stereocenters. The molecule has 0 radical (unpaired) electrons. The van der Waals surface area contributed by atoms with Crippen molar-refractivity contribution in [2.45, 2.75) is 119 Å². The smallest absolute Gasteiger partial charge is 0.155 e. The minimum absolute atomic E-state index is 0. The molecule has 45 heavy (non-hydrogen) atoms. The molecule has 0 spiro atoms. The zero-order valence-corrected chi connectivity index (χ0v) is 28.2. The number of allylic oxidation sites excluding steroid dienone is 6. The van der Waals surface area contributed by atoms with Crippen molar-refractivity contribution in [1.29, 1.82) is 0 Å². The molecule has 9 nitrogen and oxygen atoms in total. The lowest BCUT2D eigenvalue weighted by molar-refractivity contribution is -0.130. The van der Waals surface area contributed by atoms with Gasteiger partial charge in [-0.15, -0.1) is 0 Å². The van der Waals surface area contributed by atoms with Crippen molar-refractivity contribution in [1.82, 2.24) is 0 Å². The number of aldehydes is 1. The van der Waals surface area contributed by atoms with Gasteiger partial charge < -0.3 is 10.3 Å². The van der Waals surface area contributed by atoms with Gasteiger partial charge in [-0.3, -0.25) is 33.6 Å². The Morgan fingerprint density at radius 2 is 1.24 bits per heavy atom. The SMILES string of the molecule is C=CC(C)=O.C=CC(C)=O.CC.CC1C=CC(=O)CC1.CCC=O.O=C1C=C2CCCC(=O)C2CC1.O=C1CCCC(=O)C1.[OH-]. The van der Waals surface area contributed by atoms with Gasteiger partial charge in [-0.1, -0.05) is 52.5 Å². The van der Waals surface area contributed by atoms with Crippen LogP contribution in [0.4, 0.5) is 0 Å². The molecule has 0 amide bonds. The van der Waals surface area contributed by atoms with E-state index in [2.05, 4.69) is 20.1 Å². The summed E-state index contributed by atoms with van der Waals surface area (Å²) in [6.07, 6.45) is 17.4. The highest BCUT2D eigenvalue weighted by Gasteiger charge is 2.30. The van der Waals surface area contributed by atoms with Crippen LogP contribution in [0.2, 0.25) is 0 Å². The van der Waals surface area contributed by atoms with Crippen LogP contribution < -0.4 is 0 Å². The van der Waals surface area contributed by atoms with E-state index in [1.54, 1.807) is 12.2 Å². The summed E-state index contributed by atoms with van der Waals surface area (Å²) < 4.78 is 0. The van der Waals surface area contributed by atoms with Crippen LogP contribution in [0.1, 0.15) is 119 Å². The average Bonchev–Trinajstić information content (AvgIpc) is 3.01. The second-order valence-electron chi connectivity index (χ2n) is 10.3. The van der Waals surface area contributed by atoms with Crippen LogP contribution in [0.25, 0.3) is 0 Å². The third kappa shape index (κ3) is 30.1. The number of fused-ring (bicyclic) bond motifs is 1. The molecule has 0 heterocycles. The summed E-state index contributed by atoms with van der Waals surface area (Å²) in [7, 11) is 0. The lowest BCUT2D eigenvalue weighted by Crippen LogP contribution is -2.25. The van der Waals surface area contributed by atoms with Gasteiger partial charge in [-0.2, -0.15) is 0 Å². The summed E-state index contributed by atoms with van der Waals surface area (Å²) in [5.41, 5.74) is 1.10. The number of ketones is 7. The fourth-order valence-corrected chi connectivity index (χ4v) is 3.81. The molecule has 254 valence electrons. The number of Topliss-reactive ketones (excluding diaryl/α,β-unsaturated/α-hetero) is 3. The van der Waals surface area contributed by atoms with Crippen molar-refractivity contribution < 1.29 is 43.8 Å². The van der Waals surface area contributed by atoms with Crippen molar-refractivity contribution in [2.24, 2.45) is 11.8 Å². The van der Waals surface area contributed by atoms with Gasteiger partial charge in [0.25, 0.3) is 0 Å². The number of rotatable bonds is 3. The normalized spacial score (nSPS) is 19.0. The molecular formula is C36H55O9-.